The molecule has 1 aromatic carbocycles. The minimum absolute atomic E-state index is 0.0541. The molecule has 0 saturated heterocycles. The minimum Gasteiger partial charge on any atom is -0.461 e. The number of cyclic esters (lactones) is 1. The van der Waals surface area contributed by atoms with E-state index in [1.54, 1.807) is 24.3 Å². The van der Waals surface area contributed by atoms with Gasteiger partial charge in [-0.1, -0.05) is 42.5 Å². The van der Waals surface area contributed by atoms with Crippen LogP contribution in [0.15, 0.2) is 47.5 Å². The van der Waals surface area contributed by atoms with Gasteiger partial charge >= 0.3 is 12.1 Å². The van der Waals surface area contributed by atoms with Gasteiger partial charge in [0.2, 0.25) is 11.9 Å². The molecule has 172 valence electrons. The second kappa shape index (κ2) is 12.0. The monoisotopic (exact) mass is 444 g/mol. The predicted octanol–water partition coefficient (Wildman–Crippen LogP) is 3.57. The van der Waals surface area contributed by atoms with Crippen LogP contribution in [0.3, 0.4) is 0 Å². The van der Waals surface area contributed by atoms with E-state index in [0.29, 0.717) is 23.3 Å². The van der Waals surface area contributed by atoms with E-state index in [1.807, 2.05) is 18.2 Å². The molecule has 1 aromatic rings. The van der Waals surface area contributed by atoms with Crippen LogP contribution in [-0.2, 0) is 25.7 Å². The number of nitrogens with zero attached hydrogens (tertiary/aromatic N) is 2. The fourth-order valence-corrected chi connectivity index (χ4v) is 3.34. The molecule has 0 aromatic heterocycles. The SMILES string of the molecule is [2H]C([2H])([2H])N1CC(=O)OC(C2CC2)CCCC=CCCC(=O)NC1=NC(=O)OCc1ccccc1. The molecule has 2 aliphatic rings. The van der Waals surface area contributed by atoms with E-state index < -0.39 is 37.4 Å². The fraction of sp³-hybridized carbons (Fsp3) is 0.500. The number of guanidine groups is 1. The van der Waals surface area contributed by atoms with Gasteiger partial charge in [-0.3, -0.25) is 14.9 Å². The van der Waals surface area contributed by atoms with E-state index in [1.165, 1.54) is 0 Å². The lowest BCUT2D eigenvalue weighted by molar-refractivity contribution is -0.150. The smallest absolute Gasteiger partial charge is 0.437 e. The highest BCUT2D eigenvalue weighted by Crippen LogP contribution is 2.36. The number of esters is 1. The quantitative estimate of drug-likeness (QED) is 0.565. The maximum absolute atomic E-state index is 12.7. The molecule has 0 bridgehead atoms. The third-order valence-corrected chi connectivity index (χ3v) is 5.19. The number of likely N-dealkylation sites (N-methyl/N-ethyl adjacent to an activating group) is 1. The zero-order chi connectivity index (χ0) is 25.3. The number of allylic oxidation sites excluding steroid dienone is 2. The first-order valence-corrected chi connectivity index (χ1v) is 10.9. The molecule has 1 atom stereocenters. The number of nitrogens with one attached hydrogen (secondary N) is 1. The van der Waals surface area contributed by atoms with Crippen molar-refractivity contribution in [3.63, 3.8) is 0 Å². The maximum Gasteiger partial charge on any atom is 0.437 e. The summed E-state index contributed by atoms with van der Waals surface area (Å²) in [7, 11) is 0. The second-order valence-electron chi connectivity index (χ2n) is 7.92. The summed E-state index contributed by atoms with van der Waals surface area (Å²) in [5.74, 6) is -1.60. The highest BCUT2D eigenvalue weighted by molar-refractivity contribution is 6.01. The molecule has 1 heterocycles. The van der Waals surface area contributed by atoms with Crippen molar-refractivity contribution in [3.05, 3.63) is 48.0 Å². The van der Waals surface area contributed by atoms with Crippen molar-refractivity contribution in [3.8, 4) is 0 Å². The Balaban J connectivity index is 1.82. The number of rotatable bonds is 3. The molecule has 0 radical (unpaired) electrons. The Hall–Kier alpha value is -3.16. The van der Waals surface area contributed by atoms with Gasteiger partial charge in [-0.15, -0.1) is 4.99 Å². The molecule has 3 rings (SSSR count). The topological polar surface area (TPSA) is 97.3 Å². The zero-order valence-electron chi connectivity index (χ0n) is 21.0. The Labute approximate surface area is 192 Å². The highest BCUT2D eigenvalue weighted by Gasteiger charge is 2.34. The minimum atomic E-state index is -2.88. The number of aliphatic imine (C=N–C) groups is 1. The van der Waals surface area contributed by atoms with Gasteiger partial charge in [0.15, 0.2) is 0 Å². The molecule has 0 spiro atoms. The normalized spacial score (nSPS) is 24.2. The number of hydrogen-bond donors (Lipinski definition) is 1. The predicted molar refractivity (Wildman–Crippen MR) is 120 cm³/mol. The average Bonchev–Trinajstić information content (AvgIpc) is 3.64. The molecule has 1 saturated carbocycles. The first-order chi connectivity index (χ1) is 16.7. The van der Waals surface area contributed by atoms with Crippen LogP contribution >= 0.6 is 0 Å². The lowest BCUT2D eigenvalue weighted by Gasteiger charge is -2.23. The summed E-state index contributed by atoms with van der Waals surface area (Å²) in [6.45, 7) is -3.68. The summed E-state index contributed by atoms with van der Waals surface area (Å²) in [5.41, 5.74) is 0.710. The summed E-state index contributed by atoms with van der Waals surface area (Å²) in [4.78, 5) is 41.9. The van der Waals surface area contributed by atoms with E-state index in [9.17, 15) is 14.4 Å². The van der Waals surface area contributed by atoms with Gasteiger partial charge in [0.05, 0.1) is 0 Å². The van der Waals surface area contributed by atoms with E-state index >= 15 is 0 Å². The Morgan fingerprint density at radius 2 is 2.00 bits per heavy atom. The van der Waals surface area contributed by atoms with Gasteiger partial charge < -0.3 is 14.4 Å². The summed E-state index contributed by atoms with van der Waals surface area (Å²) in [6.07, 6.45) is 7.19. The van der Waals surface area contributed by atoms with Gasteiger partial charge in [-0.05, 0) is 50.0 Å². The van der Waals surface area contributed by atoms with Crippen LogP contribution in [0.2, 0.25) is 0 Å². The standard InChI is InChI=1S/C24H31N3O5/c1-27-16-22(29)32-20(19-14-15-19)12-8-3-2-4-9-13-21(28)25-23(27)26-24(30)31-17-18-10-6-5-7-11-18/h2,4-7,10-11,19-20H,3,8-9,12-17H2,1H3,(H,25,26,28,30)/i1D3. The molecule has 1 fully saturated rings. The van der Waals surface area contributed by atoms with E-state index in [4.69, 9.17) is 13.6 Å². The van der Waals surface area contributed by atoms with Gasteiger partial charge in [-0.25, -0.2) is 4.79 Å². The Morgan fingerprint density at radius 1 is 1.22 bits per heavy atom. The third-order valence-electron chi connectivity index (χ3n) is 5.19. The number of hydrogen-bond acceptors (Lipinski definition) is 5. The van der Waals surface area contributed by atoms with Crippen LogP contribution in [0.4, 0.5) is 4.79 Å². The first-order valence-electron chi connectivity index (χ1n) is 12.4. The Morgan fingerprint density at radius 3 is 2.75 bits per heavy atom. The van der Waals surface area contributed by atoms with Gasteiger partial charge in [0.1, 0.15) is 19.3 Å². The largest absolute Gasteiger partial charge is 0.461 e. The van der Waals surface area contributed by atoms with Crippen LogP contribution in [0.1, 0.15) is 54.6 Å². The molecular formula is C24H31N3O5. The molecular weight excluding hydrogens is 410 g/mol. The number of ether oxygens (including phenoxy) is 2. The number of benzene rings is 1. The fourth-order valence-electron chi connectivity index (χ4n) is 3.34. The zero-order valence-corrected chi connectivity index (χ0v) is 18.0. The molecule has 1 N–H and O–H groups in total. The molecule has 1 aliphatic heterocycles. The molecule has 2 amide bonds. The van der Waals surface area contributed by atoms with Gasteiger partial charge in [0.25, 0.3) is 0 Å². The van der Waals surface area contributed by atoms with E-state index in [0.717, 1.165) is 25.7 Å². The molecule has 32 heavy (non-hydrogen) atoms. The van der Waals surface area contributed by atoms with Crippen molar-refractivity contribution < 1.29 is 28.0 Å². The second-order valence-corrected chi connectivity index (χ2v) is 7.92. The van der Waals surface area contributed by atoms with Crippen LogP contribution in [0.25, 0.3) is 0 Å². The third kappa shape index (κ3) is 8.17. The summed E-state index contributed by atoms with van der Waals surface area (Å²) < 4.78 is 34.5. The number of amides is 2. The van der Waals surface area contributed by atoms with Crippen molar-refractivity contribution >= 4 is 23.9 Å². The van der Waals surface area contributed by atoms with Crippen molar-refractivity contribution in [2.45, 2.75) is 57.7 Å². The molecule has 1 aliphatic carbocycles. The van der Waals surface area contributed by atoms with Crippen LogP contribution < -0.4 is 5.32 Å². The van der Waals surface area contributed by atoms with E-state index in [2.05, 4.69) is 10.3 Å². The average molecular weight is 445 g/mol. The van der Waals surface area contributed by atoms with Gasteiger partial charge in [0, 0.05) is 17.5 Å². The van der Waals surface area contributed by atoms with Gasteiger partial charge in [-0.2, -0.15) is 0 Å². The van der Waals surface area contributed by atoms with Crippen molar-refractivity contribution in [2.75, 3.05) is 13.5 Å². The van der Waals surface area contributed by atoms with Crippen molar-refractivity contribution in [1.82, 2.24) is 10.2 Å². The van der Waals surface area contributed by atoms with Crippen LogP contribution in [0, 0.1) is 5.92 Å². The number of carbonyl (C=O) groups excluding carboxylic acids is 3. The van der Waals surface area contributed by atoms with Crippen LogP contribution in [0.5, 0.6) is 0 Å². The summed E-state index contributed by atoms with van der Waals surface area (Å²) in [5, 5.41) is 2.37. The maximum atomic E-state index is 12.7. The summed E-state index contributed by atoms with van der Waals surface area (Å²) in [6, 6.07) is 8.87. The van der Waals surface area contributed by atoms with Crippen LogP contribution in [-0.4, -0.2) is 48.5 Å². The number of carbonyl (C=O) groups is 3. The lowest BCUT2D eigenvalue weighted by atomic mass is 10.1. The Kier molecular flexibility index (Phi) is 7.33. The Bertz CT molecular complexity index is 945. The lowest BCUT2D eigenvalue weighted by Crippen LogP contribution is -2.45. The summed E-state index contributed by atoms with van der Waals surface area (Å²) >= 11 is 0. The van der Waals surface area contributed by atoms with Crippen molar-refractivity contribution in [2.24, 2.45) is 10.9 Å². The first kappa shape index (κ1) is 19.5. The molecule has 8 heteroatoms. The molecule has 1 unspecified atom stereocenters. The highest BCUT2D eigenvalue weighted by atomic mass is 16.5. The molecule has 8 nitrogen and oxygen atoms in total. The van der Waals surface area contributed by atoms with E-state index in [-0.39, 0.29) is 25.0 Å². The van der Waals surface area contributed by atoms with Crippen molar-refractivity contribution in [1.29, 1.82) is 0 Å².